The Hall–Kier alpha value is -2.42. The number of nitrogens with zero attached hydrogens (tertiary/aromatic N) is 2. The highest BCUT2D eigenvalue weighted by Gasteiger charge is 2.21. The molecule has 0 saturated heterocycles. The summed E-state index contributed by atoms with van der Waals surface area (Å²) in [5, 5.41) is 6.22. The minimum atomic E-state index is 0.0978. The van der Waals surface area contributed by atoms with Gasteiger partial charge in [-0.1, -0.05) is 54.1 Å². The van der Waals surface area contributed by atoms with Crippen LogP contribution < -0.4 is 0 Å². The van der Waals surface area contributed by atoms with Crippen LogP contribution in [-0.2, 0) is 11.3 Å². The number of hydrogen-bond acceptors (Lipinski definition) is 2. The Kier molecular flexibility index (Phi) is 4.05. The molecular formula is C19H20N2O. The van der Waals surface area contributed by atoms with Crippen LogP contribution in [0.5, 0.6) is 0 Å². The molecule has 0 bridgehead atoms. The van der Waals surface area contributed by atoms with Crippen LogP contribution in [0.4, 0.5) is 0 Å². The zero-order valence-electron chi connectivity index (χ0n) is 13.0. The molecule has 112 valence electrons. The summed E-state index contributed by atoms with van der Waals surface area (Å²) in [6.45, 7) is 4.69. The van der Waals surface area contributed by atoms with Gasteiger partial charge in [-0.2, -0.15) is 5.10 Å². The largest absolute Gasteiger partial charge is 0.273 e. The molecule has 0 unspecified atom stereocenters. The quantitative estimate of drug-likeness (QED) is 0.846. The molecule has 0 N–H and O–H groups in total. The fraction of sp³-hybridized carbons (Fsp3) is 0.263. The molecule has 0 atom stereocenters. The number of carbonyl (C=O) groups is 1. The molecule has 3 rings (SSSR count). The van der Waals surface area contributed by atoms with Gasteiger partial charge in [0.05, 0.1) is 12.3 Å². The highest BCUT2D eigenvalue weighted by Crippen LogP contribution is 2.19. The van der Waals surface area contributed by atoms with Crippen molar-refractivity contribution in [3.63, 3.8) is 0 Å². The minimum Gasteiger partial charge on any atom is -0.273 e. The fourth-order valence-electron chi connectivity index (χ4n) is 2.69. The second kappa shape index (κ2) is 6.14. The summed E-state index contributed by atoms with van der Waals surface area (Å²) in [4.78, 5) is 12.2. The van der Waals surface area contributed by atoms with E-state index in [4.69, 9.17) is 0 Å². The molecule has 0 saturated carbocycles. The second-order valence-corrected chi connectivity index (χ2v) is 5.79. The van der Waals surface area contributed by atoms with E-state index in [2.05, 4.69) is 37.1 Å². The van der Waals surface area contributed by atoms with Crippen LogP contribution >= 0.6 is 0 Å². The van der Waals surface area contributed by atoms with Crippen molar-refractivity contribution >= 4 is 11.6 Å². The number of carbonyl (C=O) groups excluding carboxylic acids is 1. The summed E-state index contributed by atoms with van der Waals surface area (Å²) in [5.41, 5.74) is 5.65. The molecule has 3 nitrogen and oxygen atoms in total. The Balaban J connectivity index is 1.88. The van der Waals surface area contributed by atoms with Crippen LogP contribution in [0.3, 0.4) is 0 Å². The first-order chi connectivity index (χ1) is 10.6. The molecule has 0 radical (unpaired) electrons. The van der Waals surface area contributed by atoms with Crippen molar-refractivity contribution in [1.82, 2.24) is 5.01 Å². The van der Waals surface area contributed by atoms with Crippen molar-refractivity contribution in [3.8, 4) is 0 Å². The summed E-state index contributed by atoms with van der Waals surface area (Å²) in [6.07, 6.45) is 1.24. The van der Waals surface area contributed by atoms with E-state index < -0.39 is 0 Å². The number of aryl methyl sites for hydroxylation is 2. The first kappa shape index (κ1) is 14.5. The van der Waals surface area contributed by atoms with Crippen LogP contribution in [0.25, 0.3) is 0 Å². The average molecular weight is 292 g/mol. The van der Waals surface area contributed by atoms with Crippen molar-refractivity contribution in [1.29, 1.82) is 0 Å². The van der Waals surface area contributed by atoms with E-state index in [1.54, 1.807) is 5.01 Å². The van der Waals surface area contributed by atoms with Gasteiger partial charge in [-0.3, -0.25) is 4.79 Å². The van der Waals surface area contributed by atoms with E-state index >= 15 is 0 Å². The monoisotopic (exact) mass is 292 g/mol. The molecule has 2 aromatic rings. The van der Waals surface area contributed by atoms with Gasteiger partial charge in [-0.05, 0) is 30.5 Å². The van der Waals surface area contributed by atoms with Gasteiger partial charge in [0.15, 0.2) is 0 Å². The van der Waals surface area contributed by atoms with Crippen LogP contribution in [-0.4, -0.2) is 16.6 Å². The van der Waals surface area contributed by atoms with Crippen LogP contribution in [0.15, 0.2) is 53.6 Å². The number of rotatable bonds is 3. The topological polar surface area (TPSA) is 32.7 Å². The van der Waals surface area contributed by atoms with Gasteiger partial charge in [0.1, 0.15) is 0 Å². The molecule has 22 heavy (non-hydrogen) atoms. The predicted octanol–water partition coefficient (Wildman–Crippen LogP) is 3.83. The van der Waals surface area contributed by atoms with Crippen molar-refractivity contribution < 1.29 is 4.79 Å². The third-order valence-corrected chi connectivity index (χ3v) is 4.04. The summed E-state index contributed by atoms with van der Waals surface area (Å²) in [7, 11) is 0. The molecule has 1 aliphatic rings. The SMILES string of the molecule is Cc1ccc(C)c(CN2N=C(c3ccccc3)CCC2=O)c1. The molecular weight excluding hydrogens is 272 g/mol. The van der Waals surface area contributed by atoms with Gasteiger partial charge < -0.3 is 0 Å². The first-order valence-electron chi connectivity index (χ1n) is 7.63. The van der Waals surface area contributed by atoms with Gasteiger partial charge >= 0.3 is 0 Å². The summed E-state index contributed by atoms with van der Waals surface area (Å²) in [5.74, 6) is 0.0978. The van der Waals surface area contributed by atoms with E-state index in [-0.39, 0.29) is 5.91 Å². The molecule has 0 fully saturated rings. The molecule has 3 heteroatoms. The van der Waals surface area contributed by atoms with Crippen molar-refractivity contribution in [2.45, 2.75) is 33.2 Å². The lowest BCUT2D eigenvalue weighted by Crippen LogP contribution is -2.31. The average Bonchev–Trinajstić information content (AvgIpc) is 2.54. The third-order valence-electron chi connectivity index (χ3n) is 4.04. The Morgan fingerprint density at radius 2 is 1.82 bits per heavy atom. The van der Waals surface area contributed by atoms with E-state index in [0.717, 1.165) is 16.8 Å². The Morgan fingerprint density at radius 3 is 2.59 bits per heavy atom. The zero-order valence-corrected chi connectivity index (χ0v) is 13.0. The van der Waals surface area contributed by atoms with Gasteiger partial charge in [0.2, 0.25) is 5.91 Å². The number of amides is 1. The lowest BCUT2D eigenvalue weighted by atomic mass is 10.0. The molecule has 1 heterocycles. The van der Waals surface area contributed by atoms with E-state index in [1.807, 2.05) is 30.3 Å². The summed E-state index contributed by atoms with van der Waals surface area (Å²) >= 11 is 0. The molecule has 0 aromatic heterocycles. The molecule has 0 aliphatic carbocycles. The maximum absolute atomic E-state index is 12.2. The number of hydrogen-bond donors (Lipinski definition) is 0. The predicted molar refractivity (Wildman–Crippen MR) is 88.7 cm³/mol. The zero-order chi connectivity index (χ0) is 15.5. The molecule has 1 aliphatic heterocycles. The van der Waals surface area contributed by atoms with Crippen LogP contribution in [0, 0.1) is 13.8 Å². The smallest absolute Gasteiger partial charge is 0.243 e. The Morgan fingerprint density at radius 1 is 1.05 bits per heavy atom. The third kappa shape index (κ3) is 3.08. The van der Waals surface area contributed by atoms with Crippen molar-refractivity contribution in [2.24, 2.45) is 5.10 Å². The van der Waals surface area contributed by atoms with E-state index in [9.17, 15) is 4.79 Å². The molecule has 0 spiro atoms. The van der Waals surface area contributed by atoms with E-state index in [0.29, 0.717) is 19.4 Å². The highest BCUT2D eigenvalue weighted by molar-refractivity contribution is 6.04. The van der Waals surface area contributed by atoms with Gasteiger partial charge in [0.25, 0.3) is 0 Å². The van der Waals surface area contributed by atoms with E-state index in [1.165, 1.54) is 11.1 Å². The second-order valence-electron chi connectivity index (χ2n) is 5.79. The minimum absolute atomic E-state index is 0.0978. The fourth-order valence-corrected chi connectivity index (χ4v) is 2.69. The van der Waals surface area contributed by atoms with Crippen molar-refractivity contribution in [2.75, 3.05) is 0 Å². The van der Waals surface area contributed by atoms with Crippen LogP contribution in [0.1, 0.15) is 35.1 Å². The van der Waals surface area contributed by atoms with Gasteiger partial charge in [0, 0.05) is 12.8 Å². The number of benzene rings is 2. The standard InChI is InChI=1S/C19H20N2O/c1-14-8-9-15(2)17(12-14)13-21-19(22)11-10-18(20-21)16-6-4-3-5-7-16/h3-9,12H,10-11,13H2,1-2H3. The number of hydrazone groups is 1. The lowest BCUT2D eigenvalue weighted by molar-refractivity contribution is -0.132. The molecule has 2 aromatic carbocycles. The summed E-state index contributed by atoms with van der Waals surface area (Å²) < 4.78 is 0. The Labute approximate surface area is 131 Å². The van der Waals surface area contributed by atoms with Gasteiger partial charge in [-0.25, -0.2) is 5.01 Å². The molecule has 1 amide bonds. The maximum atomic E-state index is 12.2. The van der Waals surface area contributed by atoms with Gasteiger partial charge in [-0.15, -0.1) is 0 Å². The van der Waals surface area contributed by atoms with Crippen molar-refractivity contribution in [3.05, 3.63) is 70.8 Å². The Bertz CT molecular complexity index is 719. The first-order valence-corrected chi connectivity index (χ1v) is 7.63. The maximum Gasteiger partial charge on any atom is 0.243 e. The highest BCUT2D eigenvalue weighted by atomic mass is 16.2. The lowest BCUT2D eigenvalue weighted by Gasteiger charge is -2.24. The normalized spacial score (nSPS) is 14.9. The summed E-state index contributed by atoms with van der Waals surface area (Å²) in [6, 6.07) is 16.4. The van der Waals surface area contributed by atoms with Crippen LogP contribution in [0.2, 0.25) is 0 Å².